The van der Waals surface area contributed by atoms with E-state index < -0.39 is 11.7 Å². The van der Waals surface area contributed by atoms with Gasteiger partial charge < -0.3 is 10.6 Å². The summed E-state index contributed by atoms with van der Waals surface area (Å²) >= 11 is 0. The summed E-state index contributed by atoms with van der Waals surface area (Å²) in [6.07, 6.45) is -0.701. The van der Waals surface area contributed by atoms with Crippen molar-refractivity contribution in [3.63, 3.8) is 0 Å². The van der Waals surface area contributed by atoms with Crippen molar-refractivity contribution in [1.82, 2.24) is 20.4 Å². The molecule has 0 saturated carbocycles. The number of aliphatic imine (C=N–C) groups is 1. The van der Waals surface area contributed by atoms with Crippen LogP contribution in [-0.2, 0) is 25.8 Å². The molecule has 3 aromatic rings. The second-order valence-corrected chi connectivity index (χ2v) is 6.50. The molecule has 0 bridgehead atoms. The topological polar surface area (TPSA) is 54.2 Å². The van der Waals surface area contributed by atoms with E-state index in [0.29, 0.717) is 24.6 Å². The quantitative estimate of drug-likeness (QED) is 0.488. The van der Waals surface area contributed by atoms with Gasteiger partial charge in [0, 0.05) is 32.5 Å². The molecule has 0 atom stereocenters. The molecule has 1 aromatic heterocycles. The number of guanidine groups is 1. The molecule has 0 spiro atoms. The third-order valence-corrected chi connectivity index (χ3v) is 4.29. The minimum absolute atomic E-state index is 0.239. The monoisotopic (exact) mass is 401 g/mol. The third-order valence-electron chi connectivity index (χ3n) is 4.29. The van der Waals surface area contributed by atoms with Gasteiger partial charge in [-0.1, -0.05) is 36.4 Å². The van der Waals surface area contributed by atoms with Crippen LogP contribution < -0.4 is 10.6 Å². The highest BCUT2D eigenvalue weighted by Crippen LogP contribution is 2.29. The lowest BCUT2D eigenvalue weighted by atomic mass is 10.1. The van der Waals surface area contributed by atoms with E-state index in [1.165, 1.54) is 6.07 Å². The largest absolute Gasteiger partial charge is 0.416 e. The van der Waals surface area contributed by atoms with Gasteiger partial charge in [0.25, 0.3) is 0 Å². The van der Waals surface area contributed by atoms with Gasteiger partial charge in [0.1, 0.15) is 0 Å². The maximum absolute atomic E-state index is 12.8. The fourth-order valence-corrected chi connectivity index (χ4v) is 2.87. The van der Waals surface area contributed by atoms with Crippen LogP contribution in [0.2, 0.25) is 0 Å². The molecule has 0 aliphatic carbocycles. The van der Waals surface area contributed by atoms with E-state index >= 15 is 0 Å². The van der Waals surface area contributed by atoms with Gasteiger partial charge >= 0.3 is 6.18 Å². The van der Waals surface area contributed by atoms with E-state index in [0.717, 1.165) is 23.3 Å². The number of nitrogens with one attached hydrogen (secondary N) is 2. The fourth-order valence-electron chi connectivity index (χ4n) is 2.87. The van der Waals surface area contributed by atoms with E-state index in [1.807, 2.05) is 35.1 Å². The smallest absolute Gasteiger partial charge is 0.352 e. The Kier molecular flexibility index (Phi) is 6.54. The van der Waals surface area contributed by atoms with Crippen molar-refractivity contribution >= 4 is 5.96 Å². The second kappa shape index (κ2) is 9.27. The summed E-state index contributed by atoms with van der Waals surface area (Å²) in [5, 5.41) is 10.4. The molecular weight excluding hydrogens is 379 g/mol. The van der Waals surface area contributed by atoms with Crippen LogP contribution in [0.1, 0.15) is 22.3 Å². The summed E-state index contributed by atoms with van der Waals surface area (Å²) in [6.45, 7) is 1.46. The zero-order chi connectivity index (χ0) is 20.7. The molecule has 2 N–H and O–H groups in total. The van der Waals surface area contributed by atoms with Crippen LogP contribution >= 0.6 is 0 Å². The Bertz CT molecular complexity index is 949. The highest BCUT2D eigenvalue weighted by Gasteiger charge is 2.30. The van der Waals surface area contributed by atoms with Crippen LogP contribution in [0.3, 0.4) is 0 Å². The molecule has 0 fully saturated rings. The van der Waals surface area contributed by atoms with Gasteiger partial charge in [0.15, 0.2) is 5.96 Å². The van der Waals surface area contributed by atoms with Gasteiger partial charge in [-0.25, -0.2) is 0 Å². The molecule has 0 saturated heterocycles. The van der Waals surface area contributed by atoms with Gasteiger partial charge in [0.2, 0.25) is 0 Å². The maximum Gasteiger partial charge on any atom is 0.416 e. The molecule has 152 valence electrons. The summed E-state index contributed by atoms with van der Waals surface area (Å²) in [6, 6.07) is 15.2. The van der Waals surface area contributed by atoms with E-state index in [9.17, 15) is 13.2 Å². The molecule has 29 heavy (non-hydrogen) atoms. The van der Waals surface area contributed by atoms with Gasteiger partial charge in [0.05, 0.1) is 12.1 Å². The van der Waals surface area contributed by atoms with Crippen LogP contribution in [0.25, 0.3) is 0 Å². The van der Waals surface area contributed by atoms with Gasteiger partial charge in [-0.2, -0.15) is 18.3 Å². The standard InChI is InChI=1S/C21H22F3N5/c1-25-20(27-14-17-6-3-8-19(12-17)21(22,23)24)26-13-16-5-2-7-18(11-16)15-29-10-4-9-28-29/h2-12H,13-15H2,1H3,(H2,25,26,27). The average Bonchev–Trinajstić information content (AvgIpc) is 3.21. The summed E-state index contributed by atoms with van der Waals surface area (Å²) in [7, 11) is 1.62. The first-order valence-electron chi connectivity index (χ1n) is 9.10. The Labute approximate surface area is 167 Å². The van der Waals surface area contributed by atoms with Crippen LogP contribution in [-0.4, -0.2) is 22.8 Å². The van der Waals surface area contributed by atoms with Gasteiger partial charge in [-0.15, -0.1) is 0 Å². The molecule has 8 heteroatoms. The lowest BCUT2D eigenvalue weighted by molar-refractivity contribution is -0.137. The molecule has 5 nitrogen and oxygen atoms in total. The number of aromatic nitrogens is 2. The number of alkyl halides is 3. The molecular formula is C21H22F3N5. The minimum Gasteiger partial charge on any atom is -0.352 e. The van der Waals surface area contributed by atoms with Crippen LogP contribution in [0.4, 0.5) is 13.2 Å². The first-order chi connectivity index (χ1) is 13.9. The highest BCUT2D eigenvalue weighted by molar-refractivity contribution is 5.79. The van der Waals surface area contributed by atoms with E-state index in [-0.39, 0.29) is 6.54 Å². The number of benzene rings is 2. The van der Waals surface area contributed by atoms with Crippen molar-refractivity contribution in [3.05, 3.63) is 89.2 Å². The first kappa shape index (κ1) is 20.4. The summed E-state index contributed by atoms with van der Waals surface area (Å²) in [5.74, 6) is 0.514. The lowest BCUT2D eigenvalue weighted by Gasteiger charge is -2.14. The third kappa shape index (κ3) is 6.10. The number of hydrogen-bond acceptors (Lipinski definition) is 2. The predicted octanol–water partition coefficient (Wildman–Crippen LogP) is 3.82. The fraction of sp³-hybridized carbons (Fsp3) is 0.238. The van der Waals surface area contributed by atoms with E-state index in [4.69, 9.17) is 0 Å². The highest BCUT2D eigenvalue weighted by atomic mass is 19.4. The zero-order valence-electron chi connectivity index (χ0n) is 15.9. The Balaban J connectivity index is 1.55. The maximum atomic E-state index is 12.8. The Morgan fingerprint density at radius 3 is 2.24 bits per heavy atom. The van der Waals surface area contributed by atoms with E-state index in [1.54, 1.807) is 19.3 Å². The molecule has 1 heterocycles. The van der Waals surface area contributed by atoms with Crippen molar-refractivity contribution in [2.45, 2.75) is 25.8 Å². The number of halogens is 3. The van der Waals surface area contributed by atoms with Crippen molar-refractivity contribution in [2.24, 2.45) is 4.99 Å². The number of hydrogen-bond donors (Lipinski definition) is 2. The normalized spacial score (nSPS) is 12.1. The molecule has 0 amide bonds. The molecule has 2 aromatic carbocycles. The SMILES string of the molecule is CN=C(NCc1cccc(Cn2cccn2)c1)NCc1cccc(C(F)(F)F)c1. The number of rotatable bonds is 6. The molecule has 0 unspecified atom stereocenters. The summed E-state index contributed by atoms with van der Waals surface area (Å²) in [4.78, 5) is 4.13. The average molecular weight is 401 g/mol. The van der Waals surface area contributed by atoms with Crippen LogP contribution in [0.15, 0.2) is 72.0 Å². The van der Waals surface area contributed by atoms with Crippen molar-refractivity contribution in [2.75, 3.05) is 7.05 Å². The van der Waals surface area contributed by atoms with Crippen LogP contribution in [0.5, 0.6) is 0 Å². The second-order valence-electron chi connectivity index (χ2n) is 6.50. The minimum atomic E-state index is -4.35. The van der Waals surface area contributed by atoms with Crippen molar-refractivity contribution < 1.29 is 13.2 Å². The zero-order valence-corrected chi connectivity index (χ0v) is 15.9. The van der Waals surface area contributed by atoms with E-state index in [2.05, 4.69) is 26.8 Å². The Morgan fingerprint density at radius 2 is 1.62 bits per heavy atom. The molecule has 0 aliphatic heterocycles. The van der Waals surface area contributed by atoms with Gasteiger partial charge in [-0.3, -0.25) is 9.67 Å². The molecule has 3 rings (SSSR count). The first-order valence-corrected chi connectivity index (χ1v) is 9.10. The van der Waals surface area contributed by atoms with Crippen molar-refractivity contribution in [3.8, 4) is 0 Å². The number of nitrogens with zero attached hydrogens (tertiary/aromatic N) is 3. The molecule has 0 radical (unpaired) electrons. The Hall–Kier alpha value is -3.29. The summed E-state index contributed by atoms with van der Waals surface area (Å²) < 4.78 is 40.3. The lowest BCUT2D eigenvalue weighted by Crippen LogP contribution is -2.36. The Morgan fingerprint density at radius 1 is 0.966 bits per heavy atom. The van der Waals surface area contributed by atoms with Crippen LogP contribution in [0, 0.1) is 0 Å². The van der Waals surface area contributed by atoms with Gasteiger partial charge in [-0.05, 0) is 34.9 Å². The summed E-state index contributed by atoms with van der Waals surface area (Å²) in [5.41, 5.74) is 2.06. The van der Waals surface area contributed by atoms with Crippen molar-refractivity contribution in [1.29, 1.82) is 0 Å². The predicted molar refractivity (Wildman–Crippen MR) is 106 cm³/mol. The molecule has 0 aliphatic rings.